The highest BCUT2D eigenvalue weighted by molar-refractivity contribution is 9.10. The van der Waals surface area contributed by atoms with Gasteiger partial charge in [0, 0.05) is 10.9 Å². The molecule has 0 saturated heterocycles. The van der Waals surface area contributed by atoms with Crippen LogP contribution in [0, 0.1) is 13.8 Å². The van der Waals surface area contributed by atoms with Crippen LogP contribution in [0.15, 0.2) is 40.9 Å². The van der Waals surface area contributed by atoms with Crippen LogP contribution in [0.5, 0.6) is 11.5 Å². The van der Waals surface area contributed by atoms with Gasteiger partial charge in [-0.25, -0.2) is 0 Å². The summed E-state index contributed by atoms with van der Waals surface area (Å²) in [5, 5.41) is 0.785. The van der Waals surface area contributed by atoms with Crippen LogP contribution < -0.4 is 4.74 Å². The van der Waals surface area contributed by atoms with E-state index in [2.05, 4.69) is 63.9 Å². The van der Waals surface area contributed by atoms with Gasteiger partial charge >= 0.3 is 0 Å². The van der Waals surface area contributed by atoms with E-state index in [0.717, 1.165) is 26.9 Å². The van der Waals surface area contributed by atoms with Gasteiger partial charge in [-0.2, -0.15) is 0 Å². The second-order valence-electron chi connectivity index (χ2n) is 4.28. The van der Waals surface area contributed by atoms with Gasteiger partial charge in [0.2, 0.25) is 0 Å². The summed E-state index contributed by atoms with van der Waals surface area (Å²) in [5.41, 5.74) is 3.60. The Balaban J connectivity index is 2.33. The van der Waals surface area contributed by atoms with Gasteiger partial charge in [0.15, 0.2) is 0 Å². The van der Waals surface area contributed by atoms with E-state index in [9.17, 15) is 0 Å². The van der Waals surface area contributed by atoms with E-state index in [1.165, 1.54) is 11.1 Å². The minimum Gasteiger partial charge on any atom is -0.456 e. The van der Waals surface area contributed by atoms with Crippen LogP contribution in [-0.2, 0) is 5.33 Å². The molecular weight excluding hydrogens is 356 g/mol. The lowest BCUT2D eigenvalue weighted by molar-refractivity contribution is 0.475. The van der Waals surface area contributed by atoms with E-state index in [-0.39, 0.29) is 0 Å². The zero-order chi connectivity index (χ0) is 13.1. The van der Waals surface area contributed by atoms with E-state index in [1.54, 1.807) is 0 Å². The lowest BCUT2D eigenvalue weighted by Crippen LogP contribution is -1.91. The summed E-state index contributed by atoms with van der Waals surface area (Å²) in [6.07, 6.45) is 0. The number of hydrogen-bond donors (Lipinski definition) is 0. The van der Waals surface area contributed by atoms with Crippen LogP contribution in [0.2, 0.25) is 0 Å². The Hall–Kier alpha value is -0.800. The summed E-state index contributed by atoms with van der Waals surface area (Å²) < 4.78 is 6.94. The first-order chi connectivity index (χ1) is 8.60. The zero-order valence-corrected chi connectivity index (χ0v) is 13.5. The van der Waals surface area contributed by atoms with Crippen molar-refractivity contribution in [2.24, 2.45) is 0 Å². The van der Waals surface area contributed by atoms with Crippen LogP contribution in [0.1, 0.15) is 16.7 Å². The molecule has 0 unspecified atom stereocenters. The molecule has 0 aliphatic rings. The summed E-state index contributed by atoms with van der Waals surface area (Å²) in [5.74, 6) is 1.73. The SMILES string of the molecule is Cc1ccc(Oc2ccc(C)cc2CBr)c(Br)c1. The van der Waals surface area contributed by atoms with Gasteiger partial charge in [-0.05, 0) is 53.5 Å². The zero-order valence-electron chi connectivity index (χ0n) is 10.3. The summed E-state index contributed by atoms with van der Waals surface area (Å²) in [4.78, 5) is 0. The van der Waals surface area contributed by atoms with Crippen molar-refractivity contribution in [2.75, 3.05) is 0 Å². The lowest BCUT2D eigenvalue weighted by Gasteiger charge is -2.12. The average Bonchev–Trinajstić information content (AvgIpc) is 2.34. The van der Waals surface area contributed by atoms with Crippen LogP contribution >= 0.6 is 31.9 Å². The number of ether oxygens (including phenoxy) is 1. The fourth-order valence-corrected chi connectivity index (χ4v) is 2.73. The molecule has 2 aromatic carbocycles. The first kappa shape index (κ1) is 13.6. The molecule has 94 valence electrons. The lowest BCUT2D eigenvalue weighted by atomic mass is 10.1. The molecule has 1 nitrogen and oxygen atoms in total. The monoisotopic (exact) mass is 368 g/mol. The number of halogens is 2. The number of aryl methyl sites for hydroxylation is 2. The maximum atomic E-state index is 5.96. The predicted octanol–water partition coefficient (Wildman–Crippen LogP) is 5.75. The third kappa shape index (κ3) is 3.15. The van der Waals surface area contributed by atoms with Gasteiger partial charge in [0.1, 0.15) is 11.5 Å². The van der Waals surface area contributed by atoms with Crippen molar-refractivity contribution in [3.63, 3.8) is 0 Å². The molecule has 0 heterocycles. The van der Waals surface area contributed by atoms with E-state index in [4.69, 9.17) is 4.74 Å². The molecule has 0 aromatic heterocycles. The van der Waals surface area contributed by atoms with E-state index < -0.39 is 0 Å². The number of hydrogen-bond acceptors (Lipinski definition) is 1. The van der Waals surface area contributed by atoms with E-state index >= 15 is 0 Å². The molecule has 2 rings (SSSR count). The highest BCUT2D eigenvalue weighted by atomic mass is 79.9. The first-order valence-electron chi connectivity index (χ1n) is 5.69. The maximum Gasteiger partial charge on any atom is 0.141 e. The molecule has 0 aliphatic heterocycles. The Morgan fingerprint density at radius 2 is 1.56 bits per heavy atom. The maximum absolute atomic E-state index is 5.96. The molecule has 0 spiro atoms. The number of alkyl halides is 1. The quantitative estimate of drug-likeness (QED) is 0.625. The fourth-order valence-electron chi connectivity index (χ4n) is 1.72. The molecule has 0 N–H and O–H groups in total. The van der Waals surface area contributed by atoms with Crippen molar-refractivity contribution in [3.05, 3.63) is 57.6 Å². The first-order valence-corrected chi connectivity index (χ1v) is 7.61. The third-order valence-corrected chi connectivity index (χ3v) is 3.89. The Morgan fingerprint density at radius 1 is 0.944 bits per heavy atom. The van der Waals surface area contributed by atoms with Crippen molar-refractivity contribution in [2.45, 2.75) is 19.2 Å². The second kappa shape index (κ2) is 5.89. The molecule has 0 bridgehead atoms. The Morgan fingerprint density at radius 3 is 2.17 bits per heavy atom. The van der Waals surface area contributed by atoms with E-state index in [0.29, 0.717) is 0 Å². The van der Waals surface area contributed by atoms with Crippen molar-refractivity contribution in [1.29, 1.82) is 0 Å². The van der Waals surface area contributed by atoms with Crippen molar-refractivity contribution in [1.82, 2.24) is 0 Å². The van der Waals surface area contributed by atoms with E-state index in [1.807, 2.05) is 18.2 Å². The van der Waals surface area contributed by atoms with Crippen LogP contribution in [0.4, 0.5) is 0 Å². The van der Waals surface area contributed by atoms with Crippen molar-refractivity contribution >= 4 is 31.9 Å². The Labute approximate surface area is 124 Å². The number of benzene rings is 2. The van der Waals surface area contributed by atoms with Gasteiger partial charge in [0.05, 0.1) is 4.47 Å². The third-order valence-electron chi connectivity index (χ3n) is 2.67. The molecule has 0 amide bonds. The highest BCUT2D eigenvalue weighted by Crippen LogP contribution is 2.33. The largest absolute Gasteiger partial charge is 0.456 e. The molecular formula is C15H14Br2O. The summed E-state index contributed by atoms with van der Waals surface area (Å²) in [6.45, 7) is 4.14. The minimum absolute atomic E-state index is 0.785. The minimum atomic E-state index is 0.785. The van der Waals surface area contributed by atoms with Crippen molar-refractivity contribution < 1.29 is 4.74 Å². The van der Waals surface area contributed by atoms with Crippen LogP contribution in [0.3, 0.4) is 0 Å². The van der Waals surface area contributed by atoms with Gasteiger partial charge in [-0.3, -0.25) is 0 Å². The van der Waals surface area contributed by atoms with Gasteiger partial charge < -0.3 is 4.74 Å². The molecule has 3 heteroatoms. The standard InChI is InChI=1S/C15H14Br2O/c1-10-3-5-14(12(7-10)9-16)18-15-6-4-11(2)8-13(15)17/h3-8H,9H2,1-2H3. The highest BCUT2D eigenvalue weighted by Gasteiger charge is 2.07. The predicted molar refractivity (Wildman–Crippen MR) is 82.8 cm³/mol. The fraction of sp³-hybridized carbons (Fsp3) is 0.200. The molecule has 2 aromatic rings. The second-order valence-corrected chi connectivity index (χ2v) is 5.70. The molecule has 0 radical (unpaired) electrons. The molecule has 0 saturated carbocycles. The summed E-state index contributed by atoms with van der Waals surface area (Å²) >= 11 is 7.02. The van der Waals surface area contributed by atoms with Gasteiger partial charge in [0.25, 0.3) is 0 Å². The topological polar surface area (TPSA) is 9.23 Å². The van der Waals surface area contributed by atoms with Crippen molar-refractivity contribution in [3.8, 4) is 11.5 Å². The Kier molecular flexibility index (Phi) is 4.46. The summed E-state index contributed by atoms with van der Waals surface area (Å²) in [7, 11) is 0. The molecule has 18 heavy (non-hydrogen) atoms. The van der Waals surface area contributed by atoms with Crippen LogP contribution in [-0.4, -0.2) is 0 Å². The van der Waals surface area contributed by atoms with Gasteiger partial charge in [-0.1, -0.05) is 39.7 Å². The molecule has 0 fully saturated rings. The number of rotatable bonds is 3. The van der Waals surface area contributed by atoms with Crippen LogP contribution in [0.25, 0.3) is 0 Å². The van der Waals surface area contributed by atoms with Gasteiger partial charge in [-0.15, -0.1) is 0 Å². The Bertz CT molecular complexity index is 564. The normalized spacial score (nSPS) is 10.4. The summed E-state index contributed by atoms with van der Waals surface area (Å²) in [6, 6.07) is 12.3. The average molecular weight is 370 g/mol. The molecule has 0 aliphatic carbocycles. The smallest absolute Gasteiger partial charge is 0.141 e. The molecule has 0 atom stereocenters.